The molecule has 1 N–H and O–H groups in total. The Morgan fingerprint density at radius 1 is 1.15 bits per heavy atom. The minimum absolute atomic E-state index is 0.190. The van der Waals surface area contributed by atoms with E-state index in [1.807, 2.05) is 42.5 Å². The number of thiazole rings is 1. The van der Waals surface area contributed by atoms with Crippen LogP contribution in [0, 0.1) is 0 Å². The van der Waals surface area contributed by atoms with E-state index in [2.05, 4.69) is 21.3 Å². The largest absolute Gasteiger partial charge is 0.497 e. The minimum Gasteiger partial charge on any atom is -0.497 e. The predicted octanol–water partition coefficient (Wildman–Crippen LogP) is 4.67. The van der Waals surface area contributed by atoms with Gasteiger partial charge in [0.1, 0.15) is 16.5 Å². The van der Waals surface area contributed by atoms with Gasteiger partial charge in [0.15, 0.2) is 0 Å². The van der Waals surface area contributed by atoms with Crippen molar-refractivity contribution in [1.82, 2.24) is 4.98 Å². The summed E-state index contributed by atoms with van der Waals surface area (Å²) in [5.41, 5.74) is 3.35. The molecule has 0 atom stereocenters. The predicted molar refractivity (Wildman–Crippen MR) is 110 cm³/mol. The summed E-state index contributed by atoms with van der Waals surface area (Å²) in [5, 5.41) is 5.57. The van der Waals surface area contributed by atoms with Crippen LogP contribution in [0.25, 0.3) is 10.6 Å². The molecule has 0 radical (unpaired) electrons. The lowest BCUT2D eigenvalue weighted by Crippen LogP contribution is -2.18. The van der Waals surface area contributed by atoms with Gasteiger partial charge in [-0.05, 0) is 55.3 Å². The summed E-state index contributed by atoms with van der Waals surface area (Å²) in [6.07, 6.45) is 2.45. The molecule has 2 aromatic carbocycles. The van der Waals surface area contributed by atoms with Crippen LogP contribution in [0.15, 0.2) is 53.9 Å². The first-order chi connectivity index (χ1) is 13.2. The lowest BCUT2D eigenvalue weighted by Gasteiger charge is -2.18. The molecule has 0 bridgehead atoms. The van der Waals surface area contributed by atoms with E-state index in [0.29, 0.717) is 5.69 Å². The van der Waals surface area contributed by atoms with E-state index >= 15 is 0 Å². The number of anilines is 2. The number of nitrogens with one attached hydrogen (secondary N) is 1. The molecule has 1 aliphatic heterocycles. The number of rotatable bonds is 5. The fourth-order valence-electron chi connectivity index (χ4n) is 3.20. The van der Waals surface area contributed by atoms with E-state index in [9.17, 15) is 4.79 Å². The van der Waals surface area contributed by atoms with Crippen LogP contribution in [0.2, 0.25) is 0 Å². The second-order valence-corrected chi connectivity index (χ2v) is 7.32. The van der Waals surface area contributed by atoms with Crippen LogP contribution in [-0.4, -0.2) is 31.1 Å². The van der Waals surface area contributed by atoms with Gasteiger partial charge in [-0.25, -0.2) is 4.98 Å². The fraction of sp³-hybridized carbons (Fsp3) is 0.238. The third-order valence-electron chi connectivity index (χ3n) is 4.65. The highest BCUT2D eigenvalue weighted by molar-refractivity contribution is 7.13. The summed E-state index contributed by atoms with van der Waals surface area (Å²) in [7, 11) is 1.64. The number of methoxy groups -OCH3 is 1. The number of nitrogens with zero attached hydrogens (tertiary/aromatic N) is 2. The highest BCUT2D eigenvalue weighted by Gasteiger charge is 2.15. The van der Waals surface area contributed by atoms with Crippen LogP contribution in [0.5, 0.6) is 5.75 Å². The number of aromatic nitrogens is 1. The van der Waals surface area contributed by atoms with Crippen LogP contribution in [0.3, 0.4) is 0 Å². The molecule has 2 heterocycles. The van der Waals surface area contributed by atoms with Crippen LogP contribution < -0.4 is 15.0 Å². The Morgan fingerprint density at radius 2 is 1.93 bits per heavy atom. The SMILES string of the molecule is COc1ccc(-c2nc(C(=O)Nc3cccc(N4CCCC4)c3)cs2)cc1. The average Bonchev–Trinajstić information content (AvgIpc) is 3.40. The third kappa shape index (κ3) is 3.95. The molecule has 27 heavy (non-hydrogen) atoms. The first kappa shape index (κ1) is 17.5. The molecule has 3 aromatic rings. The Labute approximate surface area is 162 Å². The van der Waals surface area contributed by atoms with Crippen molar-refractivity contribution >= 4 is 28.6 Å². The van der Waals surface area contributed by atoms with Crippen molar-refractivity contribution in [2.24, 2.45) is 0 Å². The number of hydrogen-bond donors (Lipinski definition) is 1. The molecular formula is C21H21N3O2S. The second kappa shape index (κ2) is 7.80. The van der Waals surface area contributed by atoms with Crippen molar-refractivity contribution in [3.05, 3.63) is 59.6 Å². The van der Waals surface area contributed by atoms with Crippen LogP contribution in [0.4, 0.5) is 11.4 Å². The van der Waals surface area contributed by atoms with Gasteiger partial charge in [-0.1, -0.05) is 6.07 Å². The number of carbonyl (C=O) groups is 1. The lowest BCUT2D eigenvalue weighted by atomic mass is 10.2. The maximum absolute atomic E-state index is 12.6. The van der Waals surface area contributed by atoms with E-state index in [4.69, 9.17) is 4.74 Å². The first-order valence-electron chi connectivity index (χ1n) is 8.99. The summed E-state index contributed by atoms with van der Waals surface area (Å²) < 4.78 is 5.18. The van der Waals surface area contributed by atoms with Crippen LogP contribution in [0.1, 0.15) is 23.3 Å². The van der Waals surface area contributed by atoms with Crippen molar-refractivity contribution in [1.29, 1.82) is 0 Å². The number of ether oxygens (including phenoxy) is 1. The molecule has 6 heteroatoms. The molecule has 0 unspecified atom stereocenters. The van der Waals surface area contributed by atoms with E-state index < -0.39 is 0 Å². The summed E-state index contributed by atoms with van der Waals surface area (Å²) in [6.45, 7) is 2.16. The summed E-state index contributed by atoms with van der Waals surface area (Å²) in [4.78, 5) is 19.4. The van der Waals surface area contributed by atoms with Gasteiger partial charge in [0.25, 0.3) is 5.91 Å². The number of benzene rings is 2. The molecule has 138 valence electrons. The minimum atomic E-state index is -0.190. The fourth-order valence-corrected chi connectivity index (χ4v) is 4.00. The van der Waals surface area contributed by atoms with Crippen LogP contribution >= 0.6 is 11.3 Å². The zero-order valence-corrected chi connectivity index (χ0v) is 16.0. The summed E-state index contributed by atoms with van der Waals surface area (Å²) in [6, 6.07) is 15.7. The van der Waals surface area contributed by atoms with Crippen molar-refractivity contribution in [3.8, 4) is 16.3 Å². The molecule has 1 aliphatic rings. The second-order valence-electron chi connectivity index (χ2n) is 6.47. The maximum atomic E-state index is 12.6. The molecular weight excluding hydrogens is 358 g/mol. The normalized spacial score (nSPS) is 13.6. The molecule has 1 amide bonds. The Kier molecular flexibility index (Phi) is 5.07. The van der Waals surface area contributed by atoms with E-state index in [0.717, 1.165) is 40.8 Å². The number of amides is 1. The standard InChI is InChI=1S/C21H21N3O2S/c1-26-18-9-7-15(8-10-18)21-23-19(14-27-21)20(25)22-16-5-4-6-17(13-16)24-11-2-3-12-24/h4-10,13-14H,2-3,11-12H2,1H3,(H,22,25). The molecule has 5 nitrogen and oxygen atoms in total. The molecule has 1 fully saturated rings. The Balaban J connectivity index is 1.47. The topological polar surface area (TPSA) is 54.5 Å². The highest BCUT2D eigenvalue weighted by atomic mass is 32.1. The molecule has 0 spiro atoms. The Morgan fingerprint density at radius 3 is 2.67 bits per heavy atom. The van der Waals surface area contributed by atoms with Gasteiger partial charge >= 0.3 is 0 Å². The van der Waals surface area contributed by atoms with Crippen molar-refractivity contribution in [2.75, 3.05) is 30.4 Å². The van der Waals surface area contributed by atoms with Gasteiger partial charge in [0.05, 0.1) is 7.11 Å². The van der Waals surface area contributed by atoms with E-state index in [-0.39, 0.29) is 5.91 Å². The molecule has 0 aliphatic carbocycles. The van der Waals surface area contributed by atoms with E-state index in [1.165, 1.54) is 24.2 Å². The molecule has 1 aromatic heterocycles. The first-order valence-corrected chi connectivity index (χ1v) is 9.87. The number of carbonyl (C=O) groups excluding carboxylic acids is 1. The van der Waals surface area contributed by atoms with E-state index in [1.54, 1.807) is 12.5 Å². The number of hydrogen-bond acceptors (Lipinski definition) is 5. The van der Waals surface area contributed by atoms with Gasteiger partial charge in [0, 0.05) is 35.4 Å². The third-order valence-corrected chi connectivity index (χ3v) is 5.54. The van der Waals surface area contributed by atoms with Crippen molar-refractivity contribution in [2.45, 2.75) is 12.8 Å². The average molecular weight is 379 g/mol. The smallest absolute Gasteiger partial charge is 0.275 e. The van der Waals surface area contributed by atoms with Gasteiger partial charge in [-0.2, -0.15) is 0 Å². The monoisotopic (exact) mass is 379 g/mol. The Bertz CT molecular complexity index is 931. The summed E-state index contributed by atoms with van der Waals surface area (Å²) >= 11 is 1.46. The van der Waals surface area contributed by atoms with Gasteiger partial charge in [-0.15, -0.1) is 11.3 Å². The van der Waals surface area contributed by atoms with Crippen molar-refractivity contribution in [3.63, 3.8) is 0 Å². The van der Waals surface area contributed by atoms with Gasteiger partial charge in [-0.3, -0.25) is 4.79 Å². The zero-order valence-electron chi connectivity index (χ0n) is 15.1. The molecule has 1 saturated heterocycles. The van der Waals surface area contributed by atoms with Crippen molar-refractivity contribution < 1.29 is 9.53 Å². The van der Waals surface area contributed by atoms with Gasteiger partial charge < -0.3 is 15.0 Å². The lowest BCUT2D eigenvalue weighted by molar-refractivity contribution is 0.102. The van der Waals surface area contributed by atoms with Gasteiger partial charge in [0.2, 0.25) is 0 Å². The van der Waals surface area contributed by atoms with Crippen LogP contribution in [-0.2, 0) is 0 Å². The maximum Gasteiger partial charge on any atom is 0.275 e. The zero-order chi connectivity index (χ0) is 18.6. The molecule has 0 saturated carbocycles. The highest BCUT2D eigenvalue weighted by Crippen LogP contribution is 2.27. The Hall–Kier alpha value is -2.86. The molecule has 4 rings (SSSR count). The quantitative estimate of drug-likeness (QED) is 0.700. The summed E-state index contributed by atoms with van der Waals surface area (Å²) in [5.74, 6) is 0.607.